The van der Waals surface area contributed by atoms with Crippen LogP contribution in [0.15, 0.2) is 53.4 Å². The summed E-state index contributed by atoms with van der Waals surface area (Å²) in [5.74, 6) is 0.967. The number of benzene rings is 2. The van der Waals surface area contributed by atoms with Gasteiger partial charge in [-0.2, -0.15) is 11.8 Å². The first-order chi connectivity index (χ1) is 15.4. The van der Waals surface area contributed by atoms with Crippen molar-refractivity contribution in [3.05, 3.63) is 64.1 Å². The van der Waals surface area contributed by atoms with Gasteiger partial charge in [0.05, 0.1) is 15.7 Å². The normalized spacial score (nSPS) is 12.7. The molecule has 178 valence electrons. The molecule has 0 saturated carbocycles. The average Bonchev–Trinajstić information content (AvgIpc) is 2.78. The summed E-state index contributed by atoms with van der Waals surface area (Å²) in [6.07, 6.45) is 13.0. The SMILES string of the molecule is CCCCCCCCCCCCS[C@@H](CS(=O)(=O)c1cc(Cl)ccc1Cl)c1ccccc1. The molecule has 32 heavy (non-hydrogen) atoms. The van der Waals surface area contributed by atoms with Crippen LogP contribution in [-0.2, 0) is 9.84 Å². The molecule has 0 unspecified atom stereocenters. The molecule has 2 aromatic carbocycles. The van der Waals surface area contributed by atoms with Gasteiger partial charge < -0.3 is 0 Å². The number of unbranched alkanes of at least 4 members (excludes halogenated alkanes) is 9. The Kier molecular flexibility index (Phi) is 13.1. The lowest BCUT2D eigenvalue weighted by atomic mass is 10.1. The monoisotopic (exact) mass is 514 g/mol. The van der Waals surface area contributed by atoms with E-state index in [1.807, 2.05) is 30.3 Å². The maximum Gasteiger partial charge on any atom is 0.181 e. The van der Waals surface area contributed by atoms with E-state index in [9.17, 15) is 8.42 Å². The van der Waals surface area contributed by atoms with E-state index < -0.39 is 9.84 Å². The second kappa shape index (κ2) is 15.3. The van der Waals surface area contributed by atoms with Gasteiger partial charge in [-0.15, -0.1) is 0 Å². The van der Waals surface area contributed by atoms with Crippen LogP contribution in [0.5, 0.6) is 0 Å². The molecular formula is C26H36Cl2O2S2. The molecule has 0 saturated heterocycles. The first-order valence-electron chi connectivity index (χ1n) is 11.8. The lowest BCUT2D eigenvalue weighted by Crippen LogP contribution is -2.14. The van der Waals surface area contributed by atoms with Gasteiger partial charge >= 0.3 is 0 Å². The Morgan fingerprint density at radius 3 is 2.03 bits per heavy atom. The summed E-state index contributed by atoms with van der Waals surface area (Å²) >= 11 is 14.0. The Hall–Kier alpha value is -0.680. The lowest BCUT2D eigenvalue weighted by Gasteiger charge is -2.18. The lowest BCUT2D eigenvalue weighted by molar-refractivity contribution is 0.563. The van der Waals surface area contributed by atoms with Crippen LogP contribution in [0.1, 0.15) is 81.9 Å². The molecule has 0 bridgehead atoms. The Bertz CT molecular complexity index is 886. The van der Waals surface area contributed by atoms with Gasteiger partial charge in [0.2, 0.25) is 0 Å². The van der Waals surface area contributed by atoms with Crippen molar-refractivity contribution in [3.8, 4) is 0 Å². The van der Waals surface area contributed by atoms with E-state index in [4.69, 9.17) is 23.2 Å². The van der Waals surface area contributed by atoms with Gasteiger partial charge in [0, 0.05) is 10.3 Å². The first-order valence-corrected chi connectivity index (χ1v) is 15.2. The van der Waals surface area contributed by atoms with Crippen molar-refractivity contribution in [1.29, 1.82) is 0 Å². The third-order valence-corrected chi connectivity index (χ3v) is 9.62. The van der Waals surface area contributed by atoms with Gasteiger partial charge in [-0.3, -0.25) is 0 Å². The molecule has 2 nitrogen and oxygen atoms in total. The minimum atomic E-state index is -3.56. The minimum Gasteiger partial charge on any atom is -0.224 e. The van der Waals surface area contributed by atoms with Gasteiger partial charge in [-0.25, -0.2) is 8.42 Å². The van der Waals surface area contributed by atoms with E-state index in [0.717, 1.165) is 17.7 Å². The molecule has 0 N–H and O–H groups in total. The third kappa shape index (κ3) is 10.1. The largest absolute Gasteiger partial charge is 0.224 e. The van der Waals surface area contributed by atoms with Crippen molar-refractivity contribution in [3.63, 3.8) is 0 Å². The highest BCUT2D eigenvalue weighted by Gasteiger charge is 2.25. The van der Waals surface area contributed by atoms with Crippen LogP contribution in [0, 0.1) is 0 Å². The summed E-state index contributed by atoms with van der Waals surface area (Å²) in [5.41, 5.74) is 1.03. The Morgan fingerprint density at radius 2 is 1.41 bits per heavy atom. The standard InChI is InChI=1S/C26H36Cl2O2S2/c1-2-3-4-5-6-7-8-9-10-14-19-31-25(22-15-12-11-13-16-22)21-32(29,30)26-20-23(27)17-18-24(26)28/h11-13,15-18,20,25H,2-10,14,19,21H2,1H3/t25-/m0/s1. The zero-order valence-corrected chi connectivity index (χ0v) is 22.2. The highest BCUT2D eigenvalue weighted by atomic mass is 35.5. The average molecular weight is 516 g/mol. The number of rotatable bonds is 16. The highest BCUT2D eigenvalue weighted by molar-refractivity contribution is 8.01. The summed E-state index contributed by atoms with van der Waals surface area (Å²) in [6.45, 7) is 2.25. The van der Waals surface area contributed by atoms with Crippen molar-refractivity contribution in [2.45, 2.75) is 81.3 Å². The van der Waals surface area contributed by atoms with Crippen molar-refractivity contribution >= 4 is 44.8 Å². The van der Waals surface area contributed by atoms with E-state index in [1.165, 1.54) is 63.9 Å². The van der Waals surface area contributed by atoms with Gasteiger partial charge in [-0.1, -0.05) is 118 Å². The van der Waals surface area contributed by atoms with Crippen LogP contribution in [0.3, 0.4) is 0 Å². The second-order valence-corrected chi connectivity index (χ2v) is 12.5. The summed E-state index contributed by atoms with van der Waals surface area (Å²) in [4.78, 5) is 0.118. The molecule has 0 fully saturated rings. The number of thioether (sulfide) groups is 1. The zero-order chi connectivity index (χ0) is 23.2. The fraction of sp³-hybridized carbons (Fsp3) is 0.538. The van der Waals surface area contributed by atoms with Gasteiger partial charge in [0.1, 0.15) is 0 Å². The smallest absolute Gasteiger partial charge is 0.181 e. The second-order valence-electron chi connectivity index (χ2n) is 8.31. The number of sulfone groups is 1. The van der Waals surface area contributed by atoms with E-state index >= 15 is 0 Å². The molecule has 0 heterocycles. The predicted octanol–water partition coefficient (Wildman–Crippen LogP) is 9.16. The molecule has 6 heteroatoms. The topological polar surface area (TPSA) is 34.1 Å². The molecule has 0 aromatic heterocycles. The predicted molar refractivity (Wildman–Crippen MR) is 142 cm³/mol. The molecular weight excluding hydrogens is 479 g/mol. The van der Waals surface area contributed by atoms with Crippen LogP contribution >= 0.6 is 35.0 Å². The Labute approximate surface area is 209 Å². The molecule has 0 radical (unpaired) electrons. The molecule has 0 spiro atoms. The fourth-order valence-corrected chi connectivity index (χ4v) is 7.80. The quantitative estimate of drug-likeness (QED) is 0.209. The number of hydrogen-bond acceptors (Lipinski definition) is 3. The minimum absolute atomic E-state index is 0.0134. The molecule has 0 aliphatic rings. The van der Waals surface area contributed by atoms with Crippen molar-refractivity contribution < 1.29 is 8.42 Å². The van der Waals surface area contributed by atoms with Crippen LogP contribution in [0.25, 0.3) is 0 Å². The maximum absolute atomic E-state index is 13.1. The van der Waals surface area contributed by atoms with Crippen molar-refractivity contribution in [2.24, 2.45) is 0 Å². The molecule has 0 amide bonds. The maximum atomic E-state index is 13.1. The van der Waals surface area contributed by atoms with Crippen LogP contribution in [0.2, 0.25) is 10.0 Å². The molecule has 2 aromatic rings. The van der Waals surface area contributed by atoms with E-state index in [2.05, 4.69) is 6.92 Å². The van der Waals surface area contributed by atoms with E-state index in [-0.39, 0.29) is 20.9 Å². The van der Waals surface area contributed by atoms with Gasteiger partial charge in [0.25, 0.3) is 0 Å². The van der Waals surface area contributed by atoms with Gasteiger partial charge in [0.15, 0.2) is 9.84 Å². The van der Waals surface area contributed by atoms with E-state index in [0.29, 0.717) is 5.02 Å². The number of hydrogen-bond donors (Lipinski definition) is 0. The summed E-state index contributed by atoms with van der Waals surface area (Å²) in [5, 5.41) is 0.470. The van der Waals surface area contributed by atoms with Crippen LogP contribution in [0.4, 0.5) is 0 Å². The molecule has 1 atom stereocenters. The van der Waals surface area contributed by atoms with Gasteiger partial charge in [-0.05, 0) is 35.9 Å². The van der Waals surface area contributed by atoms with Crippen LogP contribution < -0.4 is 0 Å². The van der Waals surface area contributed by atoms with Crippen LogP contribution in [-0.4, -0.2) is 19.9 Å². The third-order valence-electron chi connectivity index (χ3n) is 5.59. The first kappa shape index (κ1) is 27.6. The highest BCUT2D eigenvalue weighted by Crippen LogP contribution is 2.35. The Morgan fingerprint density at radius 1 is 0.812 bits per heavy atom. The summed E-state index contributed by atoms with van der Waals surface area (Å²) < 4.78 is 26.3. The summed E-state index contributed by atoms with van der Waals surface area (Å²) in [6, 6.07) is 14.5. The molecule has 0 aliphatic carbocycles. The van der Waals surface area contributed by atoms with Crippen molar-refractivity contribution in [1.82, 2.24) is 0 Å². The molecule has 0 aliphatic heterocycles. The van der Waals surface area contributed by atoms with Crippen molar-refractivity contribution in [2.75, 3.05) is 11.5 Å². The Balaban J connectivity index is 1.85. The number of halogens is 2. The zero-order valence-electron chi connectivity index (χ0n) is 19.1. The summed E-state index contributed by atoms with van der Waals surface area (Å²) in [7, 11) is -3.56. The fourth-order valence-electron chi connectivity index (χ4n) is 3.73. The van der Waals surface area contributed by atoms with E-state index in [1.54, 1.807) is 23.9 Å². The molecule has 2 rings (SSSR count).